The van der Waals surface area contributed by atoms with Gasteiger partial charge < -0.3 is 19.5 Å². The van der Waals surface area contributed by atoms with Crippen LogP contribution in [0.4, 0.5) is 17.6 Å². The van der Waals surface area contributed by atoms with Gasteiger partial charge in [-0.3, -0.25) is 14.5 Å². The Hall–Kier alpha value is -4.23. The zero-order valence-electron chi connectivity index (χ0n) is 21.9. The molecule has 2 aliphatic heterocycles. The number of halogens is 5. The van der Waals surface area contributed by atoms with E-state index in [9.17, 15) is 36.7 Å². The zero-order valence-corrected chi connectivity index (χ0v) is 22.7. The van der Waals surface area contributed by atoms with Gasteiger partial charge in [0, 0.05) is 5.02 Å². The van der Waals surface area contributed by atoms with Gasteiger partial charge in [-0.1, -0.05) is 41.9 Å². The number of rotatable bonds is 10. The molecule has 14 heteroatoms. The van der Waals surface area contributed by atoms with E-state index in [1.165, 1.54) is 30.3 Å². The maximum atomic E-state index is 14.3. The summed E-state index contributed by atoms with van der Waals surface area (Å²) in [6, 6.07) is 12.1. The van der Waals surface area contributed by atoms with Crippen LogP contribution in [0.15, 0.2) is 71.1 Å². The van der Waals surface area contributed by atoms with Crippen molar-refractivity contribution in [3.63, 3.8) is 0 Å². The lowest BCUT2D eigenvalue weighted by atomic mass is 9.80. The lowest BCUT2D eigenvalue weighted by molar-refractivity contribution is -0.183. The first-order valence-electron chi connectivity index (χ1n) is 12.4. The van der Waals surface area contributed by atoms with E-state index in [1.54, 1.807) is 18.2 Å². The molecule has 1 unspecified atom stereocenters. The summed E-state index contributed by atoms with van der Waals surface area (Å²) in [5.41, 5.74) is -0.899. The third-order valence-corrected chi connectivity index (χ3v) is 6.80. The number of hydrogen-bond donors (Lipinski definition) is 1. The van der Waals surface area contributed by atoms with Crippen LogP contribution in [0.25, 0.3) is 0 Å². The molecule has 2 aromatic carbocycles. The van der Waals surface area contributed by atoms with E-state index in [-0.39, 0.29) is 46.3 Å². The Balaban J connectivity index is 1.66. The highest BCUT2D eigenvalue weighted by Gasteiger charge is 2.42. The topological polar surface area (TPSA) is 111 Å². The van der Waals surface area contributed by atoms with Gasteiger partial charge in [0.1, 0.15) is 6.67 Å². The minimum absolute atomic E-state index is 0.0241. The van der Waals surface area contributed by atoms with Crippen LogP contribution in [0.3, 0.4) is 0 Å². The van der Waals surface area contributed by atoms with Gasteiger partial charge in [-0.15, -0.1) is 0 Å². The van der Waals surface area contributed by atoms with Crippen molar-refractivity contribution < 1.29 is 51.0 Å². The zero-order chi connectivity index (χ0) is 30.6. The molecule has 2 aromatic rings. The number of amides is 2. The molecule has 222 valence electrons. The number of imide groups is 1. The van der Waals surface area contributed by atoms with E-state index in [2.05, 4.69) is 10.1 Å². The lowest BCUT2D eigenvalue weighted by Gasteiger charge is -2.32. The van der Waals surface area contributed by atoms with Crippen molar-refractivity contribution in [2.75, 3.05) is 40.1 Å². The maximum Gasteiger partial charge on any atom is 0.422 e. The number of benzene rings is 2. The van der Waals surface area contributed by atoms with E-state index in [4.69, 9.17) is 21.1 Å². The molecule has 9 nitrogen and oxygen atoms in total. The first-order chi connectivity index (χ1) is 20.0. The van der Waals surface area contributed by atoms with Crippen LogP contribution >= 0.6 is 11.6 Å². The minimum atomic E-state index is -4.87. The molecule has 0 bridgehead atoms. The number of esters is 2. The van der Waals surface area contributed by atoms with Crippen molar-refractivity contribution in [2.45, 2.75) is 12.1 Å². The first kappa shape index (κ1) is 30.7. The molecule has 2 heterocycles. The number of carbonyl (C=O) groups is 4. The Labute approximate surface area is 241 Å². The molecule has 0 saturated heterocycles. The lowest BCUT2D eigenvalue weighted by Crippen LogP contribution is -2.37. The van der Waals surface area contributed by atoms with E-state index in [0.717, 1.165) is 12.0 Å². The molecular weight excluding hydrogens is 588 g/mol. The Morgan fingerprint density at radius 3 is 2.12 bits per heavy atom. The number of hydrogen-bond acceptors (Lipinski definition) is 8. The second kappa shape index (κ2) is 12.7. The number of ether oxygens (including phenoxy) is 3. The Morgan fingerprint density at radius 1 is 0.952 bits per heavy atom. The number of nitrogens with one attached hydrogen (secondary N) is 1. The van der Waals surface area contributed by atoms with Crippen LogP contribution in [0.5, 0.6) is 0 Å². The van der Waals surface area contributed by atoms with E-state index >= 15 is 0 Å². The number of alkyl halides is 4. The molecule has 0 saturated carbocycles. The van der Waals surface area contributed by atoms with Gasteiger partial charge >= 0.3 is 18.1 Å². The number of carbonyl (C=O) groups excluding carboxylic acids is 4. The minimum Gasteiger partial charge on any atom is -0.466 e. The van der Waals surface area contributed by atoms with Crippen LogP contribution in [-0.4, -0.2) is 75.0 Å². The number of fused-ring (bicyclic) bond motifs is 1. The summed E-state index contributed by atoms with van der Waals surface area (Å²) in [6.45, 7) is -4.17. The summed E-state index contributed by atoms with van der Waals surface area (Å²) in [5.74, 6) is -5.09. The quantitative estimate of drug-likeness (QED) is 0.185. The largest absolute Gasteiger partial charge is 0.466 e. The van der Waals surface area contributed by atoms with Crippen molar-refractivity contribution in [1.82, 2.24) is 10.2 Å². The second-order valence-electron chi connectivity index (χ2n) is 9.04. The third-order valence-electron chi connectivity index (χ3n) is 6.46. The number of allylic oxidation sites excluding steroid dienone is 1. The normalized spacial score (nSPS) is 16.9. The van der Waals surface area contributed by atoms with Crippen molar-refractivity contribution >= 4 is 35.4 Å². The predicted molar refractivity (Wildman–Crippen MR) is 139 cm³/mol. The predicted octanol–water partition coefficient (Wildman–Crippen LogP) is 4.10. The van der Waals surface area contributed by atoms with Gasteiger partial charge in [-0.2, -0.15) is 13.2 Å². The molecule has 2 aliphatic rings. The summed E-state index contributed by atoms with van der Waals surface area (Å²) >= 11 is 6.35. The smallest absolute Gasteiger partial charge is 0.422 e. The Bertz CT molecular complexity index is 1450. The summed E-state index contributed by atoms with van der Waals surface area (Å²) in [6.07, 6.45) is -4.87. The van der Waals surface area contributed by atoms with Gasteiger partial charge in [0.15, 0.2) is 6.61 Å². The molecule has 4 rings (SSSR count). The molecule has 42 heavy (non-hydrogen) atoms. The fourth-order valence-corrected chi connectivity index (χ4v) is 4.88. The molecule has 0 radical (unpaired) electrons. The molecule has 0 aromatic heterocycles. The highest BCUT2D eigenvalue weighted by atomic mass is 35.5. The first-order valence-corrected chi connectivity index (χ1v) is 12.7. The van der Waals surface area contributed by atoms with Crippen LogP contribution in [0.2, 0.25) is 5.02 Å². The molecule has 0 aliphatic carbocycles. The summed E-state index contributed by atoms with van der Waals surface area (Å²) in [7, 11) is 1.01. The average Bonchev–Trinajstić information content (AvgIpc) is 3.21. The highest BCUT2D eigenvalue weighted by Crippen LogP contribution is 2.42. The summed E-state index contributed by atoms with van der Waals surface area (Å²) < 4.78 is 68.0. The fraction of sp³-hybridized carbons (Fsp3) is 0.286. The molecular formula is C28H23ClF4N2O7. The maximum absolute atomic E-state index is 14.3. The van der Waals surface area contributed by atoms with E-state index in [1.807, 2.05) is 0 Å². The number of dihydropyridines is 1. The van der Waals surface area contributed by atoms with Crippen molar-refractivity contribution in [1.29, 1.82) is 0 Å². The van der Waals surface area contributed by atoms with Crippen LogP contribution < -0.4 is 5.32 Å². The molecule has 0 fully saturated rings. The third kappa shape index (κ3) is 6.31. The Morgan fingerprint density at radius 2 is 1.55 bits per heavy atom. The van der Waals surface area contributed by atoms with Crippen molar-refractivity contribution in [3.8, 4) is 0 Å². The highest BCUT2D eigenvalue weighted by molar-refractivity contribution is 6.31. The van der Waals surface area contributed by atoms with Gasteiger partial charge in [0.25, 0.3) is 11.8 Å². The molecule has 1 N–H and O–H groups in total. The molecule has 0 spiro atoms. The van der Waals surface area contributed by atoms with Gasteiger partial charge in [-0.05, 0) is 23.8 Å². The monoisotopic (exact) mass is 610 g/mol. The molecule has 1 atom stereocenters. The number of nitrogens with zero attached hydrogens (tertiary/aromatic N) is 1. The fourth-order valence-electron chi connectivity index (χ4n) is 4.64. The van der Waals surface area contributed by atoms with E-state index < -0.39 is 66.9 Å². The van der Waals surface area contributed by atoms with Gasteiger partial charge in [-0.25, -0.2) is 14.0 Å². The summed E-state index contributed by atoms with van der Waals surface area (Å²) in [4.78, 5) is 52.2. The average molecular weight is 611 g/mol. The standard InChI is InChI=1S/C28H23ClF4N2O7/c1-40-26(38)22-19(12-30)34-20(13-41-11-10-35-24(36)15-6-2-3-7-16(15)25(35)37)23(27(39)42-14-28(31,32)33)21(22)17-8-4-5-9-18(17)29/h2-9,21,34H,10-14H2,1H3. The van der Waals surface area contributed by atoms with Crippen LogP contribution in [0, 0.1) is 0 Å². The van der Waals surface area contributed by atoms with Gasteiger partial charge in [0.05, 0.1) is 66.5 Å². The Kier molecular flexibility index (Phi) is 9.32. The van der Waals surface area contributed by atoms with E-state index in [0.29, 0.717) is 0 Å². The van der Waals surface area contributed by atoms with Crippen LogP contribution in [-0.2, 0) is 23.8 Å². The molecule has 2 amide bonds. The van der Waals surface area contributed by atoms with Crippen molar-refractivity contribution in [2.24, 2.45) is 0 Å². The van der Waals surface area contributed by atoms with Gasteiger partial charge in [0.2, 0.25) is 0 Å². The van der Waals surface area contributed by atoms with Crippen LogP contribution in [0.1, 0.15) is 32.2 Å². The summed E-state index contributed by atoms with van der Waals surface area (Å²) in [5, 5.41) is 2.59. The SMILES string of the molecule is COC(=O)C1=C(CF)NC(COCCN2C(=O)c3ccccc3C2=O)=C(C(=O)OCC(F)(F)F)C1c1ccccc1Cl. The number of methoxy groups -OCH3 is 1. The van der Waals surface area contributed by atoms with Crippen molar-refractivity contribution in [3.05, 3.63) is 92.8 Å². The second-order valence-corrected chi connectivity index (χ2v) is 9.45.